The maximum atomic E-state index is 12.8. The molecule has 34 heavy (non-hydrogen) atoms. The van der Waals surface area contributed by atoms with E-state index in [-0.39, 0.29) is 5.78 Å². The third-order valence-electron chi connectivity index (χ3n) is 5.42. The molecular formula is C25H27ClN2O5S. The van der Waals surface area contributed by atoms with Gasteiger partial charge in [0.05, 0.1) is 12.8 Å². The molecular weight excluding hydrogens is 476 g/mol. The summed E-state index contributed by atoms with van der Waals surface area (Å²) in [4.78, 5) is 38.1. The molecule has 1 atom stereocenters. The van der Waals surface area contributed by atoms with E-state index in [4.69, 9.17) is 20.8 Å². The van der Waals surface area contributed by atoms with E-state index in [0.717, 1.165) is 17.1 Å². The highest BCUT2D eigenvalue weighted by Gasteiger charge is 2.25. The molecule has 2 heterocycles. The molecule has 0 bridgehead atoms. The molecule has 0 aliphatic carbocycles. The minimum Gasteiger partial charge on any atom is -0.467 e. The molecule has 7 nitrogen and oxygen atoms in total. The summed E-state index contributed by atoms with van der Waals surface area (Å²) in [5.41, 5.74) is 2.54. The van der Waals surface area contributed by atoms with Gasteiger partial charge in [0, 0.05) is 27.5 Å². The zero-order valence-electron chi connectivity index (χ0n) is 19.3. The second-order valence-corrected chi connectivity index (χ2v) is 9.22. The van der Waals surface area contributed by atoms with E-state index < -0.39 is 24.5 Å². The molecule has 1 aromatic carbocycles. The van der Waals surface area contributed by atoms with E-state index in [9.17, 15) is 14.4 Å². The first-order valence-electron chi connectivity index (χ1n) is 10.7. The topological polar surface area (TPSA) is 90.5 Å². The van der Waals surface area contributed by atoms with Crippen LogP contribution < -0.4 is 5.32 Å². The highest BCUT2D eigenvalue weighted by molar-refractivity contribution is 7.98. The maximum Gasteiger partial charge on any atom is 0.329 e. The third kappa shape index (κ3) is 6.55. The van der Waals surface area contributed by atoms with Crippen molar-refractivity contribution in [2.24, 2.45) is 0 Å². The van der Waals surface area contributed by atoms with Crippen LogP contribution in [0, 0.1) is 13.8 Å². The summed E-state index contributed by atoms with van der Waals surface area (Å²) in [6.45, 7) is 3.85. The van der Waals surface area contributed by atoms with Crippen LogP contribution in [0.1, 0.15) is 44.3 Å². The van der Waals surface area contributed by atoms with Gasteiger partial charge in [0.2, 0.25) is 5.78 Å². The molecule has 0 saturated heterocycles. The van der Waals surface area contributed by atoms with Crippen molar-refractivity contribution in [1.29, 1.82) is 0 Å². The number of aryl methyl sites for hydroxylation is 1. The lowest BCUT2D eigenvalue weighted by atomic mass is 10.1. The van der Waals surface area contributed by atoms with Gasteiger partial charge in [0.25, 0.3) is 5.91 Å². The largest absolute Gasteiger partial charge is 0.467 e. The number of thioether (sulfide) groups is 1. The average Bonchev–Trinajstić information content (AvgIpc) is 3.44. The summed E-state index contributed by atoms with van der Waals surface area (Å²) in [6, 6.07) is 11.0. The molecule has 2 aromatic heterocycles. The summed E-state index contributed by atoms with van der Waals surface area (Å²) in [5, 5.41) is 3.22. The molecule has 0 aliphatic rings. The summed E-state index contributed by atoms with van der Waals surface area (Å²) < 4.78 is 12.7. The molecule has 0 radical (unpaired) electrons. The molecule has 1 N–H and O–H groups in total. The predicted octanol–water partition coefficient (Wildman–Crippen LogP) is 4.68. The number of amides is 1. The predicted molar refractivity (Wildman–Crippen MR) is 133 cm³/mol. The molecule has 0 unspecified atom stereocenters. The van der Waals surface area contributed by atoms with E-state index in [1.165, 1.54) is 0 Å². The number of aromatic nitrogens is 1. The normalized spacial score (nSPS) is 11.8. The SMILES string of the molecule is CSCC[C@H](NC(=O)c1ccc(Cl)cc1)C(=O)OCC(=O)c1cc(C)n(Cc2ccco2)c1C. The first-order valence-corrected chi connectivity index (χ1v) is 12.5. The van der Waals surface area contributed by atoms with Crippen molar-refractivity contribution in [1.82, 2.24) is 9.88 Å². The Hall–Kier alpha value is -2.97. The Morgan fingerprint density at radius 1 is 1.18 bits per heavy atom. The van der Waals surface area contributed by atoms with Gasteiger partial charge < -0.3 is 19.0 Å². The van der Waals surface area contributed by atoms with Crippen molar-refractivity contribution < 1.29 is 23.5 Å². The molecule has 9 heteroatoms. The lowest BCUT2D eigenvalue weighted by Crippen LogP contribution is -2.42. The number of carbonyl (C=O) groups excluding carboxylic acids is 3. The number of rotatable bonds is 11. The Morgan fingerprint density at radius 2 is 1.91 bits per heavy atom. The summed E-state index contributed by atoms with van der Waals surface area (Å²) in [5.74, 6) is 0.0597. The van der Waals surface area contributed by atoms with Gasteiger partial charge in [-0.25, -0.2) is 4.79 Å². The number of benzene rings is 1. The van der Waals surface area contributed by atoms with E-state index >= 15 is 0 Å². The molecule has 0 aliphatic heterocycles. The van der Waals surface area contributed by atoms with Crippen LogP contribution in [0.3, 0.4) is 0 Å². The van der Waals surface area contributed by atoms with Crippen LogP contribution in [-0.2, 0) is 16.1 Å². The van der Waals surface area contributed by atoms with Gasteiger partial charge in [-0.2, -0.15) is 11.8 Å². The smallest absolute Gasteiger partial charge is 0.329 e. The van der Waals surface area contributed by atoms with Gasteiger partial charge in [-0.1, -0.05) is 11.6 Å². The van der Waals surface area contributed by atoms with Gasteiger partial charge in [0.1, 0.15) is 11.8 Å². The van der Waals surface area contributed by atoms with Crippen molar-refractivity contribution in [3.05, 3.63) is 82.0 Å². The van der Waals surface area contributed by atoms with Gasteiger partial charge in [-0.05, 0) is 74.7 Å². The Balaban J connectivity index is 1.63. The minimum absolute atomic E-state index is 0.306. The molecule has 3 rings (SSSR count). The van der Waals surface area contributed by atoms with Gasteiger partial charge >= 0.3 is 5.97 Å². The van der Waals surface area contributed by atoms with Crippen LogP contribution in [0.15, 0.2) is 53.1 Å². The van der Waals surface area contributed by atoms with Crippen molar-refractivity contribution in [2.45, 2.75) is 32.9 Å². The van der Waals surface area contributed by atoms with Crippen LogP contribution >= 0.6 is 23.4 Å². The molecule has 0 spiro atoms. The molecule has 1 amide bonds. The number of ketones is 1. The molecule has 0 fully saturated rings. The van der Waals surface area contributed by atoms with Gasteiger partial charge in [0.15, 0.2) is 6.61 Å². The highest BCUT2D eigenvalue weighted by Crippen LogP contribution is 2.18. The third-order valence-corrected chi connectivity index (χ3v) is 6.32. The minimum atomic E-state index is -0.866. The van der Waals surface area contributed by atoms with Gasteiger partial charge in [-0.3, -0.25) is 9.59 Å². The van der Waals surface area contributed by atoms with E-state index in [0.29, 0.717) is 34.9 Å². The van der Waals surface area contributed by atoms with Crippen LogP contribution in [0.5, 0.6) is 0 Å². The first kappa shape index (κ1) is 25.6. The second-order valence-electron chi connectivity index (χ2n) is 7.80. The quantitative estimate of drug-likeness (QED) is 0.302. The number of ether oxygens (including phenoxy) is 1. The van der Waals surface area contributed by atoms with Crippen LogP contribution in [0.2, 0.25) is 5.02 Å². The molecule has 180 valence electrons. The Kier molecular flexibility index (Phi) is 9.01. The maximum absolute atomic E-state index is 12.8. The van der Waals surface area contributed by atoms with Crippen LogP contribution in [0.4, 0.5) is 0 Å². The standard InChI is InChI=1S/C25H27ClN2O5S/c1-16-13-21(17(2)28(16)14-20-5-4-11-32-20)23(29)15-33-25(31)22(10-12-34-3)27-24(30)18-6-8-19(26)9-7-18/h4-9,11,13,22H,10,12,14-15H2,1-3H3,(H,27,30)/t22-/m0/s1. The first-order chi connectivity index (χ1) is 16.3. The highest BCUT2D eigenvalue weighted by atomic mass is 35.5. The number of esters is 1. The number of halogens is 1. The monoisotopic (exact) mass is 502 g/mol. The number of furan rings is 1. The second kappa shape index (κ2) is 11.9. The Labute approximate surface area is 207 Å². The fourth-order valence-electron chi connectivity index (χ4n) is 3.53. The number of hydrogen-bond acceptors (Lipinski definition) is 6. The number of hydrogen-bond donors (Lipinski definition) is 1. The van der Waals surface area contributed by atoms with Crippen LogP contribution in [-0.4, -0.2) is 46.9 Å². The Morgan fingerprint density at radius 3 is 2.56 bits per heavy atom. The van der Waals surface area contributed by atoms with E-state index in [1.807, 2.05) is 36.8 Å². The van der Waals surface area contributed by atoms with Crippen molar-refractivity contribution >= 4 is 41.0 Å². The Bertz CT molecular complexity index is 1140. The number of nitrogens with zero attached hydrogens (tertiary/aromatic N) is 1. The average molecular weight is 503 g/mol. The summed E-state index contributed by atoms with van der Waals surface area (Å²) in [6.07, 6.45) is 3.89. The number of nitrogens with one attached hydrogen (secondary N) is 1. The van der Waals surface area contributed by atoms with E-state index in [2.05, 4.69) is 5.32 Å². The number of Topliss-reactive ketones (excluding diaryl/α,β-unsaturated/α-hetero) is 1. The lowest BCUT2D eigenvalue weighted by molar-refractivity contribution is -0.144. The van der Waals surface area contributed by atoms with Crippen LogP contribution in [0.25, 0.3) is 0 Å². The van der Waals surface area contributed by atoms with Crippen molar-refractivity contribution in [3.8, 4) is 0 Å². The molecule has 0 saturated carbocycles. The van der Waals surface area contributed by atoms with Gasteiger partial charge in [-0.15, -0.1) is 0 Å². The number of carbonyl (C=O) groups is 3. The molecule has 3 aromatic rings. The summed E-state index contributed by atoms with van der Waals surface area (Å²) >= 11 is 7.42. The zero-order valence-corrected chi connectivity index (χ0v) is 20.9. The fraction of sp³-hybridized carbons (Fsp3) is 0.320. The zero-order chi connectivity index (χ0) is 24.7. The van der Waals surface area contributed by atoms with Crippen molar-refractivity contribution in [2.75, 3.05) is 18.6 Å². The van der Waals surface area contributed by atoms with E-state index in [1.54, 1.807) is 48.4 Å². The lowest BCUT2D eigenvalue weighted by Gasteiger charge is -2.17. The summed E-state index contributed by atoms with van der Waals surface area (Å²) in [7, 11) is 0. The fourth-order valence-corrected chi connectivity index (χ4v) is 4.13. The van der Waals surface area contributed by atoms with Crippen molar-refractivity contribution in [3.63, 3.8) is 0 Å².